The van der Waals surface area contributed by atoms with Gasteiger partial charge in [0.15, 0.2) is 0 Å². The Morgan fingerprint density at radius 3 is 2.20 bits per heavy atom. The molecule has 0 saturated heterocycles. The van der Waals surface area contributed by atoms with Crippen LogP contribution < -0.4 is 0 Å². The molecule has 0 atom stereocenters. The Bertz CT molecular complexity index is 400. The Morgan fingerprint density at radius 1 is 1.07 bits per heavy atom. The number of hydrogen-bond acceptors (Lipinski definition) is 0. The summed E-state index contributed by atoms with van der Waals surface area (Å²) in [7, 11) is 0. The molecule has 7 heteroatoms. The third-order valence-corrected chi connectivity index (χ3v) is 2.15. The molecular weight excluding hydrogens is 254 g/mol. The smallest absolute Gasteiger partial charge is 0.445 e. The molecule has 0 bridgehead atoms. The van der Waals surface area contributed by atoms with E-state index in [2.05, 4.69) is 0 Å². The molecule has 0 fully saturated rings. The Morgan fingerprint density at radius 2 is 1.67 bits per heavy atom. The topological polar surface area (TPSA) is 0 Å². The summed E-state index contributed by atoms with van der Waals surface area (Å²) in [5, 5.41) is -0.257. The molecule has 0 radical (unpaired) electrons. The van der Waals surface area contributed by atoms with Crippen LogP contribution in [0.5, 0.6) is 0 Å². The minimum atomic E-state index is -5.06. The molecule has 0 aliphatic rings. The van der Waals surface area contributed by atoms with Crippen molar-refractivity contribution >= 4 is 36.3 Å². The highest BCUT2D eigenvalue weighted by atomic mass is 35.5. The first-order valence-electron chi connectivity index (χ1n) is 3.83. The normalized spacial score (nSPS) is 12.4. The first-order valence-corrected chi connectivity index (χ1v) is 4.59. The molecule has 0 spiro atoms. The van der Waals surface area contributed by atoms with Crippen molar-refractivity contribution in [3.8, 4) is 0 Å². The van der Waals surface area contributed by atoms with E-state index in [0.29, 0.717) is 6.08 Å². The summed E-state index contributed by atoms with van der Waals surface area (Å²) in [5.41, 5.74) is -0.0576. The van der Waals surface area contributed by atoms with Gasteiger partial charge in [0.2, 0.25) is 0 Å². The standard InChI is InChI=1S/C8H4BCl2F4/c10-6-4-7(11)8(12)3-5(6)1-2-9(13,14)15/h1-4H/q-1/b2-1+. The molecule has 82 valence electrons. The molecule has 1 aromatic rings. The zero-order valence-electron chi connectivity index (χ0n) is 7.15. The lowest BCUT2D eigenvalue weighted by Gasteiger charge is -2.07. The van der Waals surface area contributed by atoms with E-state index >= 15 is 0 Å². The van der Waals surface area contributed by atoms with Gasteiger partial charge in [0.1, 0.15) is 5.82 Å². The maximum Gasteiger partial charge on any atom is 0.502 e. The van der Waals surface area contributed by atoms with Gasteiger partial charge in [-0.3, -0.25) is 0 Å². The van der Waals surface area contributed by atoms with Gasteiger partial charge in [-0.25, -0.2) is 4.39 Å². The van der Waals surface area contributed by atoms with Crippen LogP contribution in [0.25, 0.3) is 6.08 Å². The maximum absolute atomic E-state index is 12.9. The van der Waals surface area contributed by atoms with Crippen LogP contribution in [-0.2, 0) is 0 Å². The molecule has 0 amide bonds. The monoisotopic (exact) mass is 257 g/mol. The molecule has 0 aliphatic carbocycles. The zero-order chi connectivity index (χ0) is 11.6. The fraction of sp³-hybridized carbons (Fsp3) is 0. The summed E-state index contributed by atoms with van der Waals surface area (Å²) >= 11 is 10.9. The minimum Gasteiger partial charge on any atom is -0.445 e. The van der Waals surface area contributed by atoms with Crippen molar-refractivity contribution in [1.29, 1.82) is 0 Å². The number of hydrogen-bond donors (Lipinski definition) is 0. The van der Waals surface area contributed by atoms with Gasteiger partial charge in [-0.05, 0) is 17.7 Å². The summed E-state index contributed by atoms with van der Waals surface area (Å²) in [6.45, 7) is -5.06. The first kappa shape index (κ1) is 12.4. The van der Waals surface area contributed by atoms with Crippen molar-refractivity contribution in [2.24, 2.45) is 0 Å². The highest BCUT2D eigenvalue weighted by Crippen LogP contribution is 2.26. The van der Waals surface area contributed by atoms with Crippen LogP contribution in [0.2, 0.25) is 10.0 Å². The summed E-state index contributed by atoms with van der Waals surface area (Å²) in [4.78, 5) is 0. The maximum atomic E-state index is 12.9. The van der Waals surface area contributed by atoms with E-state index < -0.39 is 12.8 Å². The van der Waals surface area contributed by atoms with Gasteiger partial charge >= 0.3 is 6.98 Å². The predicted octanol–water partition coefficient (Wildman–Crippen LogP) is 4.53. The van der Waals surface area contributed by atoms with Crippen molar-refractivity contribution < 1.29 is 17.3 Å². The minimum absolute atomic E-state index is 0.0299. The quantitative estimate of drug-likeness (QED) is 0.415. The Kier molecular flexibility index (Phi) is 3.68. The van der Waals surface area contributed by atoms with Crippen LogP contribution in [0, 0.1) is 5.82 Å². The van der Waals surface area contributed by atoms with Gasteiger partial charge in [0.25, 0.3) is 0 Å². The highest BCUT2D eigenvalue weighted by Gasteiger charge is 2.17. The molecule has 1 rings (SSSR count). The summed E-state index contributed by atoms with van der Waals surface area (Å²) in [6, 6.07) is 1.91. The third-order valence-electron chi connectivity index (χ3n) is 1.53. The average Bonchev–Trinajstić information content (AvgIpc) is 2.07. The summed E-state index contributed by atoms with van der Waals surface area (Å²) < 4.78 is 48.5. The van der Waals surface area contributed by atoms with Crippen molar-refractivity contribution in [3.05, 3.63) is 39.5 Å². The van der Waals surface area contributed by atoms with Crippen molar-refractivity contribution in [2.45, 2.75) is 0 Å². The van der Waals surface area contributed by atoms with Gasteiger partial charge in [-0.15, -0.1) is 5.98 Å². The molecule has 0 aliphatic heterocycles. The third kappa shape index (κ3) is 3.76. The predicted molar refractivity (Wildman–Crippen MR) is 54.5 cm³/mol. The lowest BCUT2D eigenvalue weighted by atomic mass is 9.90. The fourth-order valence-corrected chi connectivity index (χ4v) is 1.32. The first-order chi connectivity index (χ1) is 6.79. The number of benzene rings is 1. The molecule has 0 saturated carbocycles. The van der Waals surface area contributed by atoms with Crippen molar-refractivity contribution in [3.63, 3.8) is 0 Å². The molecule has 1 aromatic carbocycles. The highest BCUT2D eigenvalue weighted by molar-refractivity contribution is 6.65. The molecule has 0 heterocycles. The fourth-order valence-electron chi connectivity index (χ4n) is 0.878. The second-order valence-corrected chi connectivity index (χ2v) is 3.59. The largest absolute Gasteiger partial charge is 0.502 e. The van der Waals surface area contributed by atoms with E-state index in [-0.39, 0.29) is 21.6 Å². The van der Waals surface area contributed by atoms with Crippen molar-refractivity contribution in [1.82, 2.24) is 0 Å². The average molecular weight is 258 g/mol. The van der Waals surface area contributed by atoms with E-state index in [1.54, 1.807) is 0 Å². The zero-order valence-corrected chi connectivity index (χ0v) is 8.67. The Hall–Kier alpha value is -0.675. The molecule has 15 heavy (non-hydrogen) atoms. The molecule has 0 unspecified atom stereocenters. The van der Waals surface area contributed by atoms with Gasteiger partial charge < -0.3 is 12.9 Å². The Balaban J connectivity index is 3.06. The van der Waals surface area contributed by atoms with Gasteiger partial charge in [-0.1, -0.05) is 29.3 Å². The lowest BCUT2D eigenvalue weighted by Crippen LogP contribution is -2.09. The van der Waals surface area contributed by atoms with Crippen LogP contribution in [0.3, 0.4) is 0 Å². The molecule has 0 aromatic heterocycles. The Labute approximate surface area is 93.5 Å². The van der Waals surface area contributed by atoms with Crippen LogP contribution in [0.4, 0.5) is 17.3 Å². The van der Waals surface area contributed by atoms with Crippen LogP contribution in [0.1, 0.15) is 5.56 Å². The number of rotatable bonds is 2. The second-order valence-electron chi connectivity index (χ2n) is 2.77. The summed E-state index contributed by atoms with van der Waals surface area (Å²) in [6.07, 6.45) is 0.710. The molecule has 0 nitrogen and oxygen atoms in total. The van der Waals surface area contributed by atoms with Gasteiger partial charge in [-0.2, -0.15) is 0 Å². The summed E-state index contributed by atoms with van der Waals surface area (Å²) in [5.74, 6) is -0.774. The van der Waals surface area contributed by atoms with E-state index in [1.807, 2.05) is 0 Å². The molecule has 0 N–H and O–H groups in total. The van der Waals surface area contributed by atoms with Gasteiger partial charge in [0.05, 0.1) is 5.02 Å². The van der Waals surface area contributed by atoms with E-state index in [0.717, 1.165) is 12.1 Å². The van der Waals surface area contributed by atoms with Crippen LogP contribution in [0.15, 0.2) is 18.1 Å². The molecular formula is C8H4BCl2F4-. The van der Waals surface area contributed by atoms with Crippen LogP contribution >= 0.6 is 23.2 Å². The van der Waals surface area contributed by atoms with Crippen LogP contribution in [-0.4, -0.2) is 6.98 Å². The number of halogens is 6. The van der Waals surface area contributed by atoms with Crippen molar-refractivity contribution in [2.75, 3.05) is 0 Å². The van der Waals surface area contributed by atoms with E-state index in [4.69, 9.17) is 23.2 Å². The SMILES string of the molecule is Fc1cc(/C=C/[B-](F)(F)F)c(Cl)cc1Cl. The second kappa shape index (κ2) is 4.45. The lowest BCUT2D eigenvalue weighted by molar-refractivity contribution is 0.499. The van der Waals surface area contributed by atoms with Gasteiger partial charge in [0, 0.05) is 5.02 Å². The van der Waals surface area contributed by atoms with E-state index in [1.165, 1.54) is 0 Å². The van der Waals surface area contributed by atoms with E-state index in [9.17, 15) is 17.3 Å².